The van der Waals surface area contributed by atoms with Crippen molar-refractivity contribution < 1.29 is 9.18 Å². The quantitative estimate of drug-likeness (QED) is 0.837. The third kappa shape index (κ3) is 3.79. The summed E-state index contributed by atoms with van der Waals surface area (Å²) in [4.78, 5) is 11.8. The van der Waals surface area contributed by atoms with Gasteiger partial charge in [0.1, 0.15) is 5.82 Å². The van der Waals surface area contributed by atoms with Crippen LogP contribution in [0.15, 0.2) is 46.9 Å². The van der Waals surface area contributed by atoms with Gasteiger partial charge in [0, 0.05) is 10.2 Å². The molecular formula is C14H12BrFN2O. The molecule has 0 saturated carbocycles. The summed E-state index contributed by atoms with van der Waals surface area (Å²) in [6, 6.07) is 11.1. The van der Waals surface area contributed by atoms with E-state index in [0.29, 0.717) is 5.69 Å². The van der Waals surface area contributed by atoms with Crippen molar-refractivity contribution in [2.75, 3.05) is 10.6 Å². The smallest absolute Gasteiger partial charge is 0.308 e. The Labute approximate surface area is 119 Å². The van der Waals surface area contributed by atoms with Crippen molar-refractivity contribution in [2.24, 2.45) is 0 Å². The monoisotopic (exact) mass is 322 g/mol. The van der Waals surface area contributed by atoms with Gasteiger partial charge in [-0.2, -0.15) is 0 Å². The van der Waals surface area contributed by atoms with E-state index in [1.807, 2.05) is 19.1 Å². The maximum Gasteiger partial charge on any atom is 0.323 e. The van der Waals surface area contributed by atoms with Crippen molar-refractivity contribution >= 4 is 33.3 Å². The van der Waals surface area contributed by atoms with Gasteiger partial charge < -0.3 is 10.6 Å². The molecular weight excluding hydrogens is 311 g/mol. The van der Waals surface area contributed by atoms with Crippen LogP contribution in [0.2, 0.25) is 0 Å². The maximum absolute atomic E-state index is 13.4. The van der Waals surface area contributed by atoms with Crippen LogP contribution in [0, 0.1) is 12.7 Å². The number of anilines is 2. The van der Waals surface area contributed by atoms with Crippen LogP contribution in [0.1, 0.15) is 5.56 Å². The van der Waals surface area contributed by atoms with Gasteiger partial charge in [-0.25, -0.2) is 9.18 Å². The number of amides is 2. The molecule has 0 heterocycles. The highest BCUT2D eigenvalue weighted by Gasteiger charge is 2.06. The topological polar surface area (TPSA) is 41.1 Å². The lowest BCUT2D eigenvalue weighted by Crippen LogP contribution is -2.20. The summed E-state index contributed by atoms with van der Waals surface area (Å²) in [7, 11) is 0. The molecule has 2 N–H and O–H groups in total. The largest absolute Gasteiger partial charge is 0.323 e. The Morgan fingerprint density at radius 3 is 2.58 bits per heavy atom. The zero-order chi connectivity index (χ0) is 13.8. The van der Waals surface area contributed by atoms with Crippen LogP contribution in [0.25, 0.3) is 0 Å². The van der Waals surface area contributed by atoms with Gasteiger partial charge in [-0.05, 0) is 42.8 Å². The minimum Gasteiger partial charge on any atom is -0.308 e. The van der Waals surface area contributed by atoms with Gasteiger partial charge in [-0.15, -0.1) is 0 Å². The average Bonchev–Trinajstić information content (AvgIpc) is 2.30. The van der Waals surface area contributed by atoms with Crippen LogP contribution < -0.4 is 10.6 Å². The van der Waals surface area contributed by atoms with Gasteiger partial charge in [-0.3, -0.25) is 0 Å². The number of urea groups is 1. The van der Waals surface area contributed by atoms with Crippen LogP contribution in [0.3, 0.4) is 0 Å². The molecule has 5 heteroatoms. The van der Waals surface area contributed by atoms with Crippen molar-refractivity contribution in [3.05, 3.63) is 58.3 Å². The molecule has 0 aliphatic heterocycles. The normalized spacial score (nSPS) is 10.1. The number of rotatable bonds is 2. The second kappa shape index (κ2) is 5.84. The Hall–Kier alpha value is -1.88. The molecule has 98 valence electrons. The second-order valence-corrected chi connectivity index (χ2v) is 4.99. The van der Waals surface area contributed by atoms with Gasteiger partial charge in [0.25, 0.3) is 0 Å². The van der Waals surface area contributed by atoms with Crippen LogP contribution in [-0.4, -0.2) is 6.03 Å². The third-order valence-electron chi connectivity index (χ3n) is 2.42. The first kappa shape index (κ1) is 13.5. The Bertz CT molecular complexity index is 596. The summed E-state index contributed by atoms with van der Waals surface area (Å²) in [5.74, 6) is -0.469. The maximum atomic E-state index is 13.4. The molecule has 2 aromatic rings. The summed E-state index contributed by atoms with van der Waals surface area (Å²) >= 11 is 3.35. The molecule has 3 nitrogen and oxygen atoms in total. The molecule has 0 bridgehead atoms. The highest BCUT2D eigenvalue weighted by molar-refractivity contribution is 9.10. The van der Waals surface area contributed by atoms with Gasteiger partial charge in [0.15, 0.2) is 0 Å². The molecule has 0 fully saturated rings. The SMILES string of the molecule is Cc1cc(Br)cc(NC(=O)Nc2ccccc2F)c1. The van der Waals surface area contributed by atoms with Gasteiger partial charge >= 0.3 is 6.03 Å². The van der Waals surface area contributed by atoms with Crippen LogP contribution in [0.4, 0.5) is 20.6 Å². The van der Waals surface area contributed by atoms with E-state index in [1.165, 1.54) is 12.1 Å². The van der Waals surface area contributed by atoms with Crippen molar-refractivity contribution in [3.8, 4) is 0 Å². The fourth-order valence-electron chi connectivity index (χ4n) is 1.66. The predicted molar refractivity (Wildman–Crippen MR) is 77.9 cm³/mol. The van der Waals surface area contributed by atoms with Crippen LogP contribution >= 0.6 is 15.9 Å². The third-order valence-corrected chi connectivity index (χ3v) is 2.88. The Morgan fingerprint density at radius 2 is 1.89 bits per heavy atom. The number of carbonyl (C=O) groups excluding carboxylic acids is 1. The van der Waals surface area contributed by atoms with E-state index in [9.17, 15) is 9.18 Å². The van der Waals surface area contributed by atoms with Crippen molar-refractivity contribution in [1.82, 2.24) is 0 Å². The van der Waals surface area contributed by atoms with Gasteiger partial charge in [0.2, 0.25) is 0 Å². The number of benzene rings is 2. The zero-order valence-corrected chi connectivity index (χ0v) is 11.8. The van der Waals surface area contributed by atoms with Gasteiger partial charge in [-0.1, -0.05) is 28.1 Å². The fraction of sp³-hybridized carbons (Fsp3) is 0.0714. The van der Waals surface area contributed by atoms with E-state index in [4.69, 9.17) is 0 Å². The number of halogens is 2. The fourth-order valence-corrected chi connectivity index (χ4v) is 2.26. The lowest BCUT2D eigenvalue weighted by molar-refractivity contribution is 0.262. The molecule has 0 unspecified atom stereocenters. The molecule has 0 spiro atoms. The number of nitrogens with one attached hydrogen (secondary N) is 2. The zero-order valence-electron chi connectivity index (χ0n) is 10.2. The Balaban J connectivity index is 2.07. The van der Waals surface area contributed by atoms with E-state index < -0.39 is 11.8 Å². The molecule has 0 aromatic heterocycles. The minimum absolute atomic E-state index is 0.145. The number of carbonyl (C=O) groups is 1. The van der Waals surface area contributed by atoms with Crippen LogP contribution in [0.5, 0.6) is 0 Å². The molecule has 0 aliphatic rings. The molecule has 2 aromatic carbocycles. The second-order valence-electron chi connectivity index (χ2n) is 4.08. The molecule has 0 saturated heterocycles. The van der Waals surface area contributed by atoms with Gasteiger partial charge in [0.05, 0.1) is 5.69 Å². The van der Waals surface area contributed by atoms with Crippen LogP contribution in [-0.2, 0) is 0 Å². The van der Waals surface area contributed by atoms with E-state index >= 15 is 0 Å². The average molecular weight is 323 g/mol. The number of para-hydroxylation sites is 1. The lowest BCUT2D eigenvalue weighted by Gasteiger charge is -2.09. The van der Waals surface area contributed by atoms with E-state index in [1.54, 1.807) is 18.2 Å². The number of hydrogen-bond donors (Lipinski definition) is 2. The molecule has 19 heavy (non-hydrogen) atoms. The van der Waals surface area contributed by atoms with Crippen molar-refractivity contribution in [3.63, 3.8) is 0 Å². The minimum atomic E-state index is -0.484. The Kier molecular flexibility index (Phi) is 4.16. The first-order valence-corrected chi connectivity index (χ1v) is 6.43. The summed E-state index contributed by atoms with van der Waals surface area (Å²) in [5.41, 5.74) is 1.79. The Morgan fingerprint density at radius 1 is 1.16 bits per heavy atom. The standard InChI is InChI=1S/C14H12BrFN2O/c1-9-6-10(15)8-11(7-9)17-14(19)18-13-5-3-2-4-12(13)16/h2-8H,1H3,(H2,17,18,19). The number of aryl methyl sites for hydroxylation is 1. The molecule has 0 radical (unpaired) electrons. The summed E-state index contributed by atoms with van der Waals surface area (Å²) in [5, 5.41) is 5.11. The first-order chi connectivity index (χ1) is 9.04. The number of hydrogen-bond acceptors (Lipinski definition) is 1. The summed E-state index contributed by atoms with van der Waals surface area (Å²) in [6.07, 6.45) is 0. The van der Waals surface area contributed by atoms with Crippen molar-refractivity contribution in [1.29, 1.82) is 0 Å². The van der Waals surface area contributed by atoms with E-state index in [0.717, 1.165) is 10.0 Å². The lowest BCUT2D eigenvalue weighted by atomic mass is 10.2. The summed E-state index contributed by atoms with van der Waals surface area (Å²) < 4.78 is 14.2. The first-order valence-electron chi connectivity index (χ1n) is 5.64. The highest BCUT2D eigenvalue weighted by Crippen LogP contribution is 2.19. The van der Waals surface area contributed by atoms with E-state index in [2.05, 4.69) is 26.6 Å². The summed E-state index contributed by atoms with van der Waals surface area (Å²) in [6.45, 7) is 1.92. The molecule has 2 amide bonds. The molecule has 2 rings (SSSR count). The molecule has 0 atom stereocenters. The van der Waals surface area contributed by atoms with Crippen molar-refractivity contribution in [2.45, 2.75) is 6.92 Å². The highest BCUT2D eigenvalue weighted by atomic mass is 79.9. The molecule has 0 aliphatic carbocycles. The van der Waals surface area contributed by atoms with E-state index in [-0.39, 0.29) is 5.69 Å². The predicted octanol–water partition coefficient (Wildman–Crippen LogP) is 4.54.